The first-order valence-corrected chi connectivity index (χ1v) is 6.59. The normalized spacial score (nSPS) is 10.7. The van der Waals surface area contributed by atoms with Gasteiger partial charge in [0.25, 0.3) is 0 Å². The van der Waals surface area contributed by atoms with Crippen molar-refractivity contribution in [2.24, 2.45) is 0 Å². The lowest BCUT2D eigenvalue weighted by molar-refractivity contribution is 0.0525. The van der Waals surface area contributed by atoms with Crippen molar-refractivity contribution in [1.82, 2.24) is 4.98 Å². The van der Waals surface area contributed by atoms with E-state index in [1.807, 2.05) is 11.4 Å². The monoisotopic (exact) mass is 319 g/mol. The first kappa shape index (κ1) is 11.8. The van der Waals surface area contributed by atoms with Gasteiger partial charge in [-0.25, -0.2) is 9.78 Å². The third kappa shape index (κ3) is 1.95. The quantitative estimate of drug-likeness (QED) is 0.622. The van der Waals surface area contributed by atoms with Gasteiger partial charge in [-0.1, -0.05) is 11.6 Å². The minimum absolute atomic E-state index is 0.286. The maximum Gasteiger partial charge on any atom is 0.342 e. The number of thiophene rings is 1. The Morgan fingerprint density at radius 1 is 1.69 bits per heavy atom. The number of halogens is 2. The van der Waals surface area contributed by atoms with Crippen LogP contribution < -0.4 is 0 Å². The second kappa shape index (κ2) is 4.69. The number of fused-ring (bicyclic) bond motifs is 1. The molecule has 0 fully saturated rings. The van der Waals surface area contributed by atoms with Crippen LogP contribution in [0.15, 0.2) is 16.0 Å². The molecule has 0 atom stereocenters. The van der Waals surface area contributed by atoms with E-state index in [0.717, 1.165) is 10.2 Å². The van der Waals surface area contributed by atoms with E-state index >= 15 is 0 Å². The molecule has 0 unspecified atom stereocenters. The molecule has 0 aliphatic rings. The first-order valence-electron chi connectivity index (χ1n) is 4.54. The van der Waals surface area contributed by atoms with E-state index in [4.69, 9.17) is 16.3 Å². The van der Waals surface area contributed by atoms with Crippen LogP contribution in [-0.4, -0.2) is 17.6 Å². The molecule has 0 saturated heterocycles. The number of hydrogen-bond donors (Lipinski definition) is 0. The van der Waals surface area contributed by atoms with Gasteiger partial charge in [0.1, 0.15) is 15.0 Å². The molecule has 84 valence electrons. The van der Waals surface area contributed by atoms with Crippen molar-refractivity contribution in [1.29, 1.82) is 0 Å². The number of pyridine rings is 1. The van der Waals surface area contributed by atoms with E-state index in [1.54, 1.807) is 6.92 Å². The topological polar surface area (TPSA) is 39.2 Å². The van der Waals surface area contributed by atoms with Crippen molar-refractivity contribution in [3.63, 3.8) is 0 Å². The predicted molar refractivity (Wildman–Crippen MR) is 68.3 cm³/mol. The van der Waals surface area contributed by atoms with E-state index in [9.17, 15) is 4.79 Å². The highest BCUT2D eigenvalue weighted by atomic mass is 79.9. The average molecular weight is 321 g/mol. The molecular weight excluding hydrogens is 314 g/mol. The number of esters is 1. The molecule has 2 heterocycles. The van der Waals surface area contributed by atoms with Crippen molar-refractivity contribution in [2.75, 3.05) is 6.61 Å². The Morgan fingerprint density at radius 3 is 3.12 bits per heavy atom. The number of hydrogen-bond acceptors (Lipinski definition) is 4. The lowest BCUT2D eigenvalue weighted by Gasteiger charge is -2.06. The Kier molecular flexibility index (Phi) is 3.47. The lowest BCUT2D eigenvalue weighted by Crippen LogP contribution is -2.07. The summed E-state index contributed by atoms with van der Waals surface area (Å²) in [5.74, 6) is -0.458. The maximum atomic E-state index is 11.7. The van der Waals surface area contributed by atoms with Gasteiger partial charge in [0.15, 0.2) is 0 Å². The van der Waals surface area contributed by atoms with Crippen LogP contribution in [-0.2, 0) is 4.74 Å². The molecule has 3 nitrogen and oxygen atoms in total. The van der Waals surface area contributed by atoms with Gasteiger partial charge in [-0.2, -0.15) is 0 Å². The van der Waals surface area contributed by atoms with Gasteiger partial charge < -0.3 is 4.74 Å². The summed E-state index contributed by atoms with van der Waals surface area (Å²) < 4.78 is 5.35. The van der Waals surface area contributed by atoms with E-state index < -0.39 is 5.97 Å². The lowest BCUT2D eigenvalue weighted by atomic mass is 10.2. The number of rotatable bonds is 2. The predicted octanol–water partition coefficient (Wildman–Crippen LogP) is 3.89. The zero-order valence-corrected chi connectivity index (χ0v) is 11.4. The SMILES string of the molecule is CCOC(=O)c1c(Br)nc2sccc2c1Cl. The van der Waals surface area contributed by atoms with Gasteiger partial charge in [0, 0.05) is 5.39 Å². The second-order valence-electron chi connectivity index (χ2n) is 2.95. The van der Waals surface area contributed by atoms with Crippen LogP contribution in [0.4, 0.5) is 0 Å². The van der Waals surface area contributed by atoms with Gasteiger partial charge in [0.2, 0.25) is 0 Å². The Bertz CT molecular complexity index is 555. The minimum Gasteiger partial charge on any atom is -0.462 e. The Hall–Kier alpha value is -0.650. The van der Waals surface area contributed by atoms with Crippen molar-refractivity contribution in [3.05, 3.63) is 26.6 Å². The van der Waals surface area contributed by atoms with Crippen LogP contribution in [0.5, 0.6) is 0 Å². The molecule has 0 spiro atoms. The molecular formula is C10H7BrClNO2S. The Balaban J connectivity index is 2.63. The molecule has 0 N–H and O–H groups in total. The number of aromatic nitrogens is 1. The van der Waals surface area contributed by atoms with Crippen LogP contribution in [0.25, 0.3) is 10.2 Å². The summed E-state index contributed by atoms with van der Waals surface area (Å²) in [4.78, 5) is 16.7. The molecule has 0 saturated carbocycles. The fourth-order valence-electron chi connectivity index (χ4n) is 1.30. The number of carbonyl (C=O) groups is 1. The molecule has 16 heavy (non-hydrogen) atoms. The summed E-state index contributed by atoms with van der Waals surface area (Å²) in [5, 5.41) is 3.04. The van der Waals surface area contributed by atoms with Gasteiger partial charge >= 0.3 is 5.97 Å². The molecule has 2 rings (SSSR count). The van der Waals surface area contributed by atoms with Gasteiger partial charge in [0.05, 0.1) is 11.6 Å². The van der Waals surface area contributed by atoms with Crippen LogP contribution in [0, 0.1) is 0 Å². The molecule has 0 radical (unpaired) electrons. The molecule has 2 aromatic heterocycles. The minimum atomic E-state index is -0.458. The molecule has 2 aromatic rings. The third-order valence-corrected chi connectivity index (χ3v) is 3.76. The van der Waals surface area contributed by atoms with Crippen LogP contribution in [0.3, 0.4) is 0 Å². The average Bonchev–Trinajstić information content (AvgIpc) is 2.66. The highest BCUT2D eigenvalue weighted by molar-refractivity contribution is 9.10. The van der Waals surface area contributed by atoms with Crippen LogP contribution in [0.2, 0.25) is 5.02 Å². The third-order valence-electron chi connectivity index (χ3n) is 1.99. The zero-order chi connectivity index (χ0) is 11.7. The summed E-state index contributed by atoms with van der Waals surface area (Å²) in [7, 11) is 0. The van der Waals surface area contributed by atoms with Crippen molar-refractivity contribution >= 4 is 55.1 Å². The van der Waals surface area contributed by atoms with Gasteiger partial charge in [-0.3, -0.25) is 0 Å². The fourth-order valence-corrected chi connectivity index (χ4v) is 3.22. The highest BCUT2D eigenvalue weighted by Gasteiger charge is 2.20. The molecule has 0 aliphatic carbocycles. The zero-order valence-electron chi connectivity index (χ0n) is 8.29. The van der Waals surface area contributed by atoms with E-state index in [1.165, 1.54) is 11.3 Å². The summed E-state index contributed by atoms with van der Waals surface area (Å²) in [5.41, 5.74) is 0.286. The summed E-state index contributed by atoms with van der Waals surface area (Å²) >= 11 is 10.9. The van der Waals surface area contributed by atoms with Crippen molar-refractivity contribution < 1.29 is 9.53 Å². The number of nitrogens with zero attached hydrogens (tertiary/aromatic N) is 1. The Labute approximate surface area is 110 Å². The molecule has 0 aromatic carbocycles. The fraction of sp³-hybridized carbons (Fsp3) is 0.200. The second-order valence-corrected chi connectivity index (χ2v) is 4.98. The standard InChI is InChI=1S/C10H7BrClNO2S/c1-2-15-10(14)6-7(12)5-3-4-16-9(5)13-8(6)11/h3-4H,2H2,1H3. The summed E-state index contributed by atoms with van der Waals surface area (Å²) in [6.45, 7) is 2.06. The van der Waals surface area contributed by atoms with Gasteiger partial charge in [-0.15, -0.1) is 11.3 Å². The molecule has 0 amide bonds. The first-order chi connectivity index (χ1) is 7.65. The summed E-state index contributed by atoms with van der Waals surface area (Å²) in [6, 6.07) is 1.84. The number of ether oxygens (including phenoxy) is 1. The maximum absolute atomic E-state index is 11.7. The molecule has 6 heteroatoms. The van der Waals surface area contributed by atoms with Crippen molar-refractivity contribution in [3.8, 4) is 0 Å². The highest BCUT2D eigenvalue weighted by Crippen LogP contribution is 2.33. The summed E-state index contributed by atoms with van der Waals surface area (Å²) in [6.07, 6.45) is 0. The van der Waals surface area contributed by atoms with E-state index in [2.05, 4.69) is 20.9 Å². The van der Waals surface area contributed by atoms with Crippen molar-refractivity contribution in [2.45, 2.75) is 6.92 Å². The van der Waals surface area contributed by atoms with Crippen LogP contribution in [0.1, 0.15) is 17.3 Å². The van der Waals surface area contributed by atoms with Crippen LogP contribution >= 0.6 is 38.9 Å². The molecule has 0 bridgehead atoms. The van der Waals surface area contributed by atoms with Gasteiger partial charge in [-0.05, 0) is 34.3 Å². The van der Waals surface area contributed by atoms with E-state index in [0.29, 0.717) is 16.2 Å². The molecule has 0 aliphatic heterocycles. The number of carbonyl (C=O) groups excluding carboxylic acids is 1. The largest absolute Gasteiger partial charge is 0.462 e. The van der Waals surface area contributed by atoms with E-state index in [-0.39, 0.29) is 5.56 Å². The Morgan fingerprint density at radius 2 is 2.44 bits per heavy atom. The smallest absolute Gasteiger partial charge is 0.342 e.